The third-order valence-electron chi connectivity index (χ3n) is 3.01. The molecule has 1 aliphatic rings. The average Bonchev–Trinajstić information content (AvgIpc) is 2.89. The molecule has 0 saturated carbocycles. The number of methoxy groups -OCH3 is 1. The Morgan fingerprint density at radius 2 is 2.41 bits per heavy atom. The van der Waals surface area contributed by atoms with Gasteiger partial charge in [0.1, 0.15) is 5.69 Å². The minimum Gasteiger partial charge on any atom is -0.480 e. The van der Waals surface area contributed by atoms with E-state index in [0.29, 0.717) is 11.8 Å². The fourth-order valence-corrected chi connectivity index (χ4v) is 2.09. The summed E-state index contributed by atoms with van der Waals surface area (Å²) in [5, 5.41) is 0. The van der Waals surface area contributed by atoms with E-state index in [2.05, 4.69) is 15.4 Å². The molecule has 0 aromatic carbocycles. The van der Waals surface area contributed by atoms with E-state index in [4.69, 9.17) is 15.3 Å². The lowest BCUT2D eigenvalue weighted by Crippen LogP contribution is -2.31. The topological polar surface area (TPSA) is 82.3 Å². The lowest BCUT2D eigenvalue weighted by molar-refractivity contribution is 0.181. The van der Waals surface area contributed by atoms with E-state index in [1.54, 1.807) is 19.5 Å². The molecule has 1 fully saturated rings. The van der Waals surface area contributed by atoms with Crippen LogP contribution >= 0.6 is 0 Å². The van der Waals surface area contributed by atoms with Crippen molar-refractivity contribution in [3.05, 3.63) is 18.1 Å². The summed E-state index contributed by atoms with van der Waals surface area (Å²) in [7, 11) is 1.58. The SMILES string of the molecule is COc1nccnc1C(CC1CCOC1)NN. The Bertz CT molecular complexity index is 355. The van der Waals surface area contributed by atoms with Gasteiger partial charge in [0.25, 0.3) is 0 Å². The standard InChI is InChI=1S/C11H18N4O2/c1-16-11-10(13-3-4-14-11)9(15-12)6-8-2-5-17-7-8/h3-4,8-9,15H,2,5-7,12H2,1H3. The lowest BCUT2D eigenvalue weighted by atomic mass is 9.97. The molecule has 1 aromatic heterocycles. The van der Waals surface area contributed by atoms with Gasteiger partial charge in [-0.3, -0.25) is 16.3 Å². The van der Waals surface area contributed by atoms with E-state index in [0.717, 1.165) is 31.7 Å². The Morgan fingerprint density at radius 1 is 1.59 bits per heavy atom. The maximum absolute atomic E-state index is 5.59. The van der Waals surface area contributed by atoms with Gasteiger partial charge < -0.3 is 9.47 Å². The van der Waals surface area contributed by atoms with E-state index >= 15 is 0 Å². The van der Waals surface area contributed by atoms with Crippen LogP contribution in [0.1, 0.15) is 24.6 Å². The van der Waals surface area contributed by atoms with Gasteiger partial charge in [0, 0.05) is 25.6 Å². The van der Waals surface area contributed by atoms with Crippen LogP contribution in [0.2, 0.25) is 0 Å². The normalized spacial score (nSPS) is 21.4. The highest BCUT2D eigenvalue weighted by atomic mass is 16.5. The first kappa shape index (κ1) is 12.2. The van der Waals surface area contributed by atoms with Gasteiger partial charge in [0.15, 0.2) is 0 Å². The Balaban J connectivity index is 2.10. The van der Waals surface area contributed by atoms with Crippen molar-refractivity contribution in [2.45, 2.75) is 18.9 Å². The molecule has 6 nitrogen and oxygen atoms in total. The van der Waals surface area contributed by atoms with Crippen LogP contribution in [0.15, 0.2) is 12.4 Å². The molecular formula is C11H18N4O2. The first-order valence-corrected chi connectivity index (χ1v) is 5.74. The maximum Gasteiger partial charge on any atom is 0.237 e. The monoisotopic (exact) mass is 238 g/mol. The van der Waals surface area contributed by atoms with E-state index in [9.17, 15) is 0 Å². The first-order chi connectivity index (χ1) is 8.35. The zero-order valence-electron chi connectivity index (χ0n) is 9.93. The van der Waals surface area contributed by atoms with Gasteiger partial charge in [-0.25, -0.2) is 4.98 Å². The fourth-order valence-electron chi connectivity index (χ4n) is 2.09. The van der Waals surface area contributed by atoms with Crippen LogP contribution in [0, 0.1) is 5.92 Å². The van der Waals surface area contributed by atoms with Crippen molar-refractivity contribution in [2.24, 2.45) is 11.8 Å². The third kappa shape index (κ3) is 2.91. The zero-order chi connectivity index (χ0) is 12.1. The van der Waals surface area contributed by atoms with Crippen molar-refractivity contribution in [2.75, 3.05) is 20.3 Å². The fraction of sp³-hybridized carbons (Fsp3) is 0.636. The molecule has 1 aromatic rings. The van der Waals surface area contributed by atoms with Gasteiger partial charge in [-0.05, 0) is 18.8 Å². The second kappa shape index (κ2) is 5.90. The van der Waals surface area contributed by atoms with E-state index in [1.165, 1.54) is 0 Å². The van der Waals surface area contributed by atoms with Crippen molar-refractivity contribution >= 4 is 0 Å². The van der Waals surface area contributed by atoms with Gasteiger partial charge in [-0.15, -0.1) is 0 Å². The van der Waals surface area contributed by atoms with Gasteiger partial charge in [-0.2, -0.15) is 0 Å². The van der Waals surface area contributed by atoms with Crippen LogP contribution in [-0.2, 0) is 4.74 Å². The molecule has 2 rings (SSSR count). The Hall–Kier alpha value is -1.24. The second-order valence-corrected chi connectivity index (χ2v) is 4.14. The molecule has 0 radical (unpaired) electrons. The Morgan fingerprint density at radius 3 is 3.06 bits per heavy atom. The molecule has 2 atom stereocenters. The second-order valence-electron chi connectivity index (χ2n) is 4.14. The predicted molar refractivity (Wildman–Crippen MR) is 62.2 cm³/mol. The van der Waals surface area contributed by atoms with Crippen molar-refractivity contribution in [1.29, 1.82) is 0 Å². The number of nitrogens with two attached hydrogens (primary N) is 1. The Labute approximate surface area is 101 Å². The van der Waals surface area contributed by atoms with Crippen molar-refractivity contribution < 1.29 is 9.47 Å². The van der Waals surface area contributed by atoms with Crippen molar-refractivity contribution in [3.8, 4) is 5.88 Å². The minimum atomic E-state index is -0.0506. The van der Waals surface area contributed by atoms with Crippen LogP contribution in [0.5, 0.6) is 5.88 Å². The van der Waals surface area contributed by atoms with Crippen LogP contribution < -0.4 is 16.0 Å². The summed E-state index contributed by atoms with van der Waals surface area (Å²) >= 11 is 0. The van der Waals surface area contributed by atoms with Crippen molar-refractivity contribution in [3.63, 3.8) is 0 Å². The lowest BCUT2D eigenvalue weighted by Gasteiger charge is -2.19. The molecule has 3 N–H and O–H groups in total. The molecule has 1 aliphatic heterocycles. The summed E-state index contributed by atoms with van der Waals surface area (Å²) in [5.41, 5.74) is 3.54. The largest absolute Gasteiger partial charge is 0.480 e. The van der Waals surface area contributed by atoms with Crippen LogP contribution in [0.3, 0.4) is 0 Å². The van der Waals surface area contributed by atoms with Crippen LogP contribution in [0.25, 0.3) is 0 Å². The molecule has 0 bridgehead atoms. The third-order valence-corrected chi connectivity index (χ3v) is 3.01. The predicted octanol–water partition coefficient (Wildman–Crippen LogP) is 0.416. The Kier molecular flexibility index (Phi) is 4.24. The zero-order valence-corrected chi connectivity index (χ0v) is 9.93. The molecule has 1 saturated heterocycles. The molecule has 0 amide bonds. The summed E-state index contributed by atoms with van der Waals surface area (Å²) in [5.74, 6) is 6.63. The van der Waals surface area contributed by atoms with Gasteiger partial charge >= 0.3 is 0 Å². The number of hydrogen-bond donors (Lipinski definition) is 2. The average molecular weight is 238 g/mol. The number of aromatic nitrogens is 2. The van der Waals surface area contributed by atoms with E-state index < -0.39 is 0 Å². The first-order valence-electron chi connectivity index (χ1n) is 5.74. The highest BCUT2D eigenvalue weighted by Crippen LogP contribution is 2.28. The summed E-state index contributed by atoms with van der Waals surface area (Å²) in [6.07, 6.45) is 5.20. The molecule has 6 heteroatoms. The number of rotatable bonds is 5. The summed E-state index contributed by atoms with van der Waals surface area (Å²) in [6, 6.07) is -0.0506. The van der Waals surface area contributed by atoms with Crippen LogP contribution in [-0.4, -0.2) is 30.3 Å². The number of hydrazine groups is 1. The summed E-state index contributed by atoms with van der Waals surface area (Å²) in [6.45, 7) is 1.63. The highest BCUT2D eigenvalue weighted by Gasteiger charge is 2.24. The molecule has 2 heterocycles. The highest BCUT2D eigenvalue weighted by molar-refractivity contribution is 5.21. The molecule has 0 aliphatic carbocycles. The summed E-state index contributed by atoms with van der Waals surface area (Å²) in [4.78, 5) is 8.42. The van der Waals surface area contributed by atoms with Gasteiger partial charge in [-0.1, -0.05) is 0 Å². The molecular weight excluding hydrogens is 220 g/mol. The minimum absolute atomic E-state index is 0.0506. The number of nitrogens with one attached hydrogen (secondary N) is 1. The van der Waals surface area contributed by atoms with E-state index in [-0.39, 0.29) is 6.04 Å². The summed E-state index contributed by atoms with van der Waals surface area (Å²) < 4.78 is 10.6. The molecule has 0 spiro atoms. The van der Waals surface area contributed by atoms with E-state index in [1.807, 2.05) is 0 Å². The quantitative estimate of drug-likeness (QED) is 0.571. The maximum atomic E-state index is 5.59. The van der Waals surface area contributed by atoms with Crippen molar-refractivity contribution in [1.82, 2.24) is 15.4 Å². The number of hydrogen-bond acceptors (Lipinski definition) is 6. The van der Waals surface area contributed by atoms with Crippen LogP contribution in [0.4, 0.5) is 0 Å². The molecule has 2 unspecified atom stereocenters. The smallest absolute Gasteiger partial charge is 0.237 e. The van der Waals surface area contributed by atoms with Gasteiger partial charge in [0.2, 0.25) is 5.88 Å². The van der Waals surface area contributed by atoms with Gasteiger partial charge in [0.05, 0.1) is 13.2 Å². The molecule has 94 valence electrons. The number of ether oxygens (including phenoxy) is 2. The molecule has 17 heavy (non-hydrogen) atoms. The number of nitrogens with zero attached hydrogens (tertiary/aromatic N) is 2.